The van der Waals surface area contributed by atoms with Crippen LogP contribution in [-0.4, -0.2) is 28.9 Å². The maximum absolute atomic E-state index is 13.5. The zero-order chi connectivity index (χ0) is 17.3. The molecule has 126 valence electrons. The van der Waals surface area contributed by atoms with Crippen molar-refractivity contribution in [2.45, 2.75) is 25.2 Å². The molecule has 1 aliphatic rings. The lowest BCUT2D eigenvalue weighted by Gasteiger charge is -2.08. The third kappa shape index (κ3) is 1.90. The molecule has 1 aromatic carbocycles. The number of benzene rings is 1. The van der Waals surface area contributed by atoms with Crippen LogP contribution in [0, 0.1) is 5.82 Å². The first-order chi connectivity index (χ1) is 12.0. The van der Waals surface area contributed by atoms with Crippen LogP contribution in [-0.2, 0) is 12.5 Å². The summed E-state index contributed by atoms with van der Waals surface area (Å²) < 4.78 is 18.4. The molecule has 5 rings (SSSR count). The Balaban J connectivity index is 1.81. The summed E-state index contributed by atoms with van der Waals surface area (Å²) in [6.45, 7) is 2.16. The highest BCUT2D eigenvalue weighted by Crippen LogP contribution is 2.46. The second-order valence-corrected chi connectivity index (χ2v) is 6.90. The van der Waals surface area contributed by atoms with Crippen molar-refractivity contribution in [2.75, 3.05) is 0 Å². The Morgan fingerprint density at radius 1 is 1.28 bits per heavy atom. The third-order valence-corrected chi connectivity index (χ3v) is 5.12. The number of aryl methyl sites for hydroxylation is 1. The average molecular weight is 338 g/mol. The van der Waals surface area contributed by atoms with E-state index in [-0.39, 0.29) is 11.0 Å². The Bertz CT molecular complexity index is 1210. The van der Waals surface area contributed by atoms with Crippen molar-refractivity contribution in [1.82, 2.24) is 28.9 Å². The SMILES string of the molecule is Cn1c(=O)c2cc(F)ccc2n2cnc(-n3cc(C4(C)CC4)nn3)c12. The minimum Gasteiger partial charge on any atom is -0.294 e. The van der Waals surface area contributed by atoms with Gasteiger partial charge in [-0.15, -0.1) is 5.10 Å². The fourth-order valence-electron chi connectivity index (χ4n) is 3.24. The average Bonchev–Trinajstić information content (AvgIpc) is 3.04. The van der Waals surface area contributed by atoms with E-state index < -0.39 is 5.82 Å². The van der Waals surface area contributed by atoms with Gasteiger partial charge in [-0.3, -0.25) is 13.8 Å². The maximum atomic E-state index is 13.5. The molecule has 3 heterocycles. The molecule has 0 unspecified atom stereocenters. The first kappa shape index (κ1) is 14.3. The standard InChI is InChI=1S/C17H15FN6O/c1-17(5-6-17)13-8-24(21-20-13)14-15-22(2)16(25)11-7-10(18)3-4-12(11)23(15)9-19-14/h3-4,7-9H,5-6H2,1-2H3. The summed E-state index contributed by atoms with van der Waals surface area (Å²) in [5, 5.41) is 8.77. The number of rotatable bonds is 2. The zero-order valence-corrected chi connectivity index (χ0v) is 13.8. The van der Waals surface area contributed by atoms with Gasteiger partial charge in [-0.05, 0) is 31.0 Å². The van der Waals surface area contributed by atoms with E-state index in [1.165, 1.54) is 16.7 Å². The Morgan fingerprint density at radius 2 is 2.08 bits per heavy atom. The lowest BCUT2D eigenvalue weighted by molar-refractivity contribution is 0.629. The van der Waals surface area contributed by atoms with Crippen LogP contribution in [0.25, 0.3) is 22.4 Å². The van der Waals surface area contributed by atoms with Crippen molar-refractivity contribution in [3.05, 3.63) is 52.6 Å². The molecule has 4 aromatic rings. The highest BCUT2D eigenvalue weighted by atomic mass is 19.1. The van der Waals surface area contributed by atoms with E-state index in [9.17, 15) is 9.18 Å². The van der Waals surface area contributed by atoms with E-state index in [0.717, 1.165) is 18.5 Å². The predicted molar refractivity (Wildman–Crippen MR) is 89.4 cm³/mol. The fourth-order valence-corrected chi connectivity index (χ4v) is 3.24. The summed E-state index contributed by atoms with van der Waals surface area (Å²) in [5.74, 6) is 0.0803. The van der Waals surface area contributed by atoms with Crippen molar-refractivity contribution in [3.63, 3.8) is 0 Å². The van der Waals surface area contributed by atoms with Crippen molar-refractivity contribution >= 4 is 16.6 Å². The van der Waals surface area contributed by atoms with Gasteiger partial charge in [-0.1, -0.05) is 12.1 Å². The van der Waals surface area contributed by atoms with Gasteiger partial charge in [-0.2, -0.15) is 4.68 Å². The van der Waals surface area contributed by atoms with Crippen LogP contribution in [0.1, 0.15) is 25.5 Å². The predicted octanol–water partition coefficient (Wildman–Crippen LogP) is 1.96. The number of aromatic nitrogens is 6. The Labute approximate surface area is 141 Å². The molecular formula is C17H15FN6O. The maximum Gasteiger partial charge on any atom is 0.261 e. The van der Waals surface area contributed by atoms with E-state index >= 15 is 0 Å². The molecule has 1 fully saturated rings. The van der Waals surface area contributed by atoms with E-state index in [1.54, 1.807) is 28.5 Å². The quantitative estimate of drug-likeness (QED) is 0.560. The minimum absolute atomic E-state index is 0.101. The van der Waals surface area contributed by atoms with E-state index in [0.29, 0.717) is 22.4 Å². The minimum atomic E-state index is -0.442. The lowest BCUT2D eigenvalue weighted by Crippen LogP contribution is -2.20. The molecule has 25 heavy (non-hydrogen) atoms. The molecule has 8 heteroatoms. The Hall–Kier alpha value is -3.03. The van der Waals surface area contributed by atoms with Gasteiger partial charge in [0.25, 0.3) is 5.56 Å². The van der Waals surface area contributed by atoms with E-state index in [1.807, 2.05) is 6.20 Å². The van der Waals surface area contributed by atoms with Crippen molar-refractivity contribution in [3.8, 4) is 5.82 Å². The van der Waals surface area contributed by atoms with Gasteiger partial charge in [0.15, 0.2) is 11.5 Å². The summed E-state index contributed by atoms with van der Waals surface area (Å²) >= 11 is 0. The van der Waals surface area contributed by atoms with E-state index in [2.05, 4.69) is 22.2 Å². The smallest absolute Gasteiger partial charge is 0.261 e. The summed E-state index contributed by atoms with van der Waals surface area (Å²) in [4.78, 5) is 17.1. The van der Waals surface area contributed by atoms with Gasteiger partial charge in [0.05, 0.1) is 22.8 Å². The van der Waals surface area contributed by atoms with Crippen LogP contribution < -0.4 is 5.56 Å². The molecule has 3 aromatic heterocycles. The molecule has 7 nitrogen and oxygen atoms in total. The second-order valence-electron chi connectivity index (χ2n) is 6.90. The Morgan fingerprint density at radius 3 is 2.84 bits per heavy atom. The van der Waals surface area contributed by atoms with Crippen molar-refractivity contribution in [2.24, 2.45) is 7.05 Å². The van der Waals surface area contributed by atoms with Crippen LogP contribution in [0.3, 0.4) is 0 Å². The van der Waals surface area contributed by atoms with Crippen LogP contribution in [0.15, 0.2) is 35.5 Å². The number of imidazole rings is 1. The van der Waals surface area contributed by atoms with Gasteiger partial charge in [0, 0.05) is 12.5 Å². The second kappa shape index (κ2) is 4.53. The first-order valence-electron chi connectivity index (χ1n) is 8.06. The fraction of sp³-hybridized carbons (Fsp3) is 0.294. The number of nitrogens with zero attached hydrogens (tertiary/aromatic N) is 6. The summed E-state index contributed by atoms with van der Waals surface area (Å²) in [6, 6.07) is 4.17. The van der Waals surface area contributed by atoms with E-state index in [4.69, 9.17) is 0 Å². The molecule has 0 radical (unpaired) electrons. The molecule has 0 N–H and O–H groups in total. The van der Waals surface area contributed by atoms with Crippen molar-refractivity contribution in [1.29, 1.82) is 0 Å². The molecule has 0 atom stereocenters. The molecule has 1 aliphatic carbocycles. The molecule has 1 saturated carbocycles. The topological polar surface area (TPSA) is 70.0 Å². The summed E-state index contributed by atoms with van der Waals surface area (Å²) in [7, 11) is 1.65. The van der Waals surface area contributed by atoms with Crippen molar-refractivity contribution < 1.29 is 4.39 Å². The van der Waals surface area contributed by atoms with Gasteiger partial charge in [0.2, 0.25) is 0 Å². The van der Waals surface area contributed by atoms with Gasteiger partial charge >= 0.3 is 0 Å². The van der Waals surface area contributed by atoms with Crippen LogP contribution in [0.5, 0.6) is 0 Å². The number of hydrogen-bond acceptors (Lipinski definition) is 4. The number of halogens is 1. The molecule has 0 amide bonds. The number of hydrogen-bond donors (Lipinski definition) is 0. The first-order valence-corrected chi connectivity index (χ1v) is 8.06. The highest BCUT2D eigenvalue weighted by Gasteiger charge is 2.41. The van der Waals surface area contributed by atoms with Crippen LogP contribution in [0.4, 0.5) is 4.39 Å². The molecule has 0 aliphatic heterocycles. The van der Waals surface area contributed by atoms with Gasteiger partial charge in [-0.25, -0.2) is 9.37 Å². The normalized spacial score (nSPS) is 16.0. The molecular weight excluding hydrogens is 323 g/mol. The molecule has 0 bridgehead atoms. The number of fused-ring (bicyclic) bond motifs is 3. The van der Waals surface area contributed by atoms with Gasteiger partial charge in [0.1, 0.15) is 12.1 Å². The summed E-state index contributed by atoms with van der Waals surface area (Å²) in [5.41, 5.74) is 1.94. The largest absolute Gasteiger partial charge is 0.294 e. The molecule has 0 saturated heterocycles. The zero-order valence-electron chi connectivity index (χ0n) is 13.8. The van der Waals surface area contributed by atoms with Gasteiger partial charge < -0.3 is 0 Å². The monoisotopic (exact) mass is 338 g/mol. The third-order valence-electron chi connectivity index (χ3n) is 5.12. The summed E-state index contributed by atoms with van der Waals surface area (Å²) in [6.07, 6.45) is 5.69. The van der Waals surface area contributed by atoms with Crippen LogP contribution >= 0.6 is 0 Å². The van der Waals surface area contributed by atoms with Crippen LogP contribution in [0.2, 0.25) is 0 Å². The Kier molecular flexibility index (Phi) is 2.60. The molecule has 0 spiro atoms. The highest BCUT2D eigenvalue weighted by molar-refractivity contribution is 5.82. The lowest BCUT2D eigenvalue weighted by atomic mass is 10.1.